The molecule has 1 atom stereocenters. The fourth-order valence-electron chi connectivity index (χ4n) is 2.61. The van der Waals surface area contributed by atoms with Crippen LogP contribution in [0, 0.1) is 5.92 Å². The van der Waals surface area contributed by atoms with Gasteiger partial charge in [0.05, 0.1) is 5.56 Å². The Hall–Kier alpha value is -2.17. The van der Waals surface area contributed by atoms with Crippen molar-refractivity contribution in [2.45, 2.75) is 20.1 Å². The van der Waals surface area contributed by atoms with Gasteiger partial charge in [-0.15, -0.1) is 0 Å². The van der Waals surface area contributed by atoms with E-state index in [4.69, 9.17) is 11.6 Å². The average Bonchev–Trinajstić information content (AvgIpc) is 2.52. The molecule has 0 aromatic heterocycles. The monoisotopic (exact) mass is 329 g/mol. The first kappa shape index (κ1) is 15.7. The van der Waals surface area contributed by atoms with Gasteiger partial charge in [-0.3, -0.25) is 9.59 Å². The molecule has 3 rings (SSSR count). The number of carbonyl (C=O) groups excluding carboxylic acids is 2. The Morgan fingerprint density at radius 1 is 1.00 bits per heavy atom. The highest BCUT2D eigenvalue weighted by Crippen LogP contribution is 2.33. The van der Waals surface area contributed by atoms with Crippen LogP contribution in [0.25, 0.3) is 0 Å². The van der Waals surface area contributed by atoms with Crippen LogP contribution in [0.2, 0.25) is 5.02 Å². The third-order valence-corrected chi connectivity index (χ3v) is 4.18. The van der Waals surface area contributed by atoms with Gasteiger partial charge < -0.3 is 10.4 Å². The molecule has 0 heterocycles. The molecule has 0 bridgehead atoms. The molecular formula is C18H16ClNO3. The first-order valence-corrected chi connectivity index (χ1v) is 7.74. The highest BCUT2D eigenvalue weighted by molar-refractivity contribution is 6.34. The second-order valence-corrected chi connectivity index (χ2v) is 6.35. The minimum atomic E-state index is -0.809. The standard InChI is InChI=1S/C18H16ClNO3/c1-9(2)18(23)20-14-5-3-4-12-15(14)17(22)11-7-6-10(19)8-13(11)16(12)21/h3-9,18,20,23H,1-2H3. The van der Waals surface area contributed by atoms with E-state index in [1.165, 1.54) is 6.07 Å². The first-order valence-electron chi connectivity index (χ1n) is 7.36. The molecule has 0 radical (unpaired) electrons. The fraction of sp³-hybridized carbons (Fsp3) is 0.222. The molecule has 2 aromatic rings. The van der Waals surface area contributed by atoms with E-state index in [-0.39, 0.29) is 17.5 Å². The van der Waals surface area contributed by atoms with Gasteiger partial charge in [-0.25, -0.2) is 0 Å². The fourth-order valence-corrected chi connectivity index (χ4v) is 2.79. The third-order valence-electron chi connectivity index (χ3n) is 3.94. The van der Waals surface area contributed by atoms with E-state index in [1.54, 1.807) is 30.3 Å². The minimum Gasteiger partial charge on any atom is -0.374 e. The molecule has 0 saturated heterocycles. The van der Waals surface area contributed by atoms with Crippen molar-refractivity contribution in [3.63, 3.8) is 0 Å². The molecule has 2 N–H and O–H groups in total. The Balaban J connectivity index is 2.14. The second-order valence-electron chi connectivity index (χ2n) is 5.91. The van der Waals surface area contributed by atoms with Crippen molar-refractivity contribution < 1.29 is 14.7 Å². The number of aliphatic hydroxyl groups excluding tert-OH is 1. The van der Waals surface area contributed by atoms with Gasteiger partial charge in [-0.1, -0.05) is 37.6 Å². The summed E-state index contributed by atoms with van der Waals surface area (Å²) in [5.74, 6) is -0.517. The lowest BCUT2D eigenvalue weighted by molar-refractivity contribution is 0.0979. The van der Waals surface area contributed by atoms with Gasteiger partial charge in [0.1, 0.15) is 6.23 Å². The molecule has 0 saturated carbocycles. The van der Waals surface area contributed by atoms with E-state index in [2.05, 4.69) is 5.32 Å². The Morgan fingerprint density at radius 2 is 1.74 bits per heavy atom. The molecular weight excluding hydrogens is 314 g/mol. The summed E-state index contributed by atoms with van der Waals surface area (Å²) in [6.07, 6.45) is -0.809. The largest absolute Gasteiger partial charge is 0.374 e. The number of benzene rings is 2. The van der Waals surface area contributed by atoms with Crippen LogP contribution < -0.4 is 5.32 Å². The smallest absolute Gasteiger partial charge is 0.196 e. The van der Waals surface area contributed by atoms with Crippen LogP contribution in [-0.2, 0) is 0 Å². The SMILES string of the molecule is CC(C)C(O)Nc1cccc2c1C(=O)c1ccc(Cl)cc1C2=O. The van der Waals surface area contributed by atoms with E-state index in [0.717, 1.165) is 0 Å². The van der Waals surface area contributed by atoms with E-state index in [0.29, 0.717) is 33.0 Å². The normalized spacial score (nSPS) is 14.5. The summed E-state index contributed by atoms with van der Waals surface area (Å²) in [5.41, 5.74) is 1.73. The van der Waals surface area contributed by atoms with Crippen molar-refractivity contribution in [3.05, 3.63) is 63.7 Å². The molecule has 0 amide bonds. The number of hydrogen-bond donors (Lipinski definition) is 2. The molecule has 1 aliphatic carbocycles. The van der Waals surface area contributed by atoms with Crippen molar-refractivity contribution in [1.29, 1.82) is 0 Å². The molecule has 0 aliphatic heterocycles. The van der Waals surface area contributed by atoms with Gasteiger partial charge in [-0.2, -0.15) is 0 Å². The van der Waals surface area contributed by atoms with Crippen molar-refractivity contribution in [3.8, 4) is 0 Å². The quantitative estimate of drug-likeness (QED) is 0.722. The topological polar surface area (TPSA) is 66.4 Å². The summed E-state index contributed by atoms with van der Waals surface area (Å²) in [6, 6.07) is 9.67. The molecule has 1 unspecified atom stereocenters. The number of rotatable bonds is 3. The maximum absolute atomic E-state index is 12.8. The lowest BCUT2D eigenvalue weighted by atomic mass is 9.83. The number of anilines is 1. The molecule has 1 aliphatic rings. The highest BCUT2D eigenvalue weighted by Gasteiger charge is 2.32. The summed E-state index contributed by atoms with van der Waals surface area (Å²) in [7, 11) is 0. The van der Waals surface area contributed by atoms with Crippen LogP contribution >= 0.6 is 11.6 Å². The van der Waals surface area contributed by atoms with Crippen molar-refractivity contribution >= 4 is 28.9 Å². The summed E-state index contributed by atoms with van der Waals surface area (Å²) >= 11 is 5.94. The number of nitrogens with one attached hydrogen (secondary N) is 1. The van der Waals surface area contributed by atoms with E-state index >= 15 is 0 Å². The lowest BCUT2D eigenvalue weighted by Crippen LogP contribution is -2.28. The summed E-state index contributed by atoms with van der Waals surface area (Å²) in [5, 5.41) is 13.4. The van der Waals surface area contributed by atoms with E-state index < -0.39 is 6.23 Å². The minimum absolute atomic E-state index is 0.0358. The number of ketones is 2. The molecule has 118 valence electrons. The zero-order valence-electron chi connectivity index (χ0n) is 12.8. The molecule has 5 heteroatoms. The maximum atomic E-state index is 12.8. The van der Waals surface area contributed by atoms with Crippen LogP contribution in [0.5, 0.6) is 0 Å². The molecule has 23 heavy (non-hydrogen) atoms. The van der Waals surface area contributed by atoms with Crippen LogP contribution in [0.15, 0.2) is 36.4 Å². The third kappa shape index (κ3) is 2.64. The van der Waals surface area contributed by atoms with Crippen LogP contribution in [-0.4, -0.2) is 22.9 Å². The number of carbonyl (C=O) groups is 2. The van der Waals surface area contributed by atoms with Gasteiger partial charge in [0, 0.05) is 27.4 Å². The van der Waals surface area contributed by atoms with Crippen molar-refractivity contribution in [2.24, 2.45) is 5.92 Å². The molecule has 0 spiro atoms. The Morgan fingerprint density at radius 3 is 2.43 bits per heavy atom. The van der Waals surface area contributed by atoms with Crippen LogP contribution in [0.3, 0.4) is 0 Å². The Bertz CT molecular complexity index is 814. The van der Waals surface area contributed by atoms with Crippen molar-refractivity contribution in [2.75, 3.05) is 5.32 Å². The summed E-state index contributed by atoms with van der Waals surface area (Å²) in [4.78, 5) is 25.5. The predicted octanol–water partition coefficient (Wildman–Crippen LogP) is 3.50. The predicted molar refractivity (Wildman–Crippen MR) is 89.2 cm³/mol. The zero-order valence-corrected chi connectivity index (χ0v) is 13.5. The second kappa shape index (κ2) is 5.80. The number of fused-ring (bicyclic) bond motifs is 2. The van der Waals surface area contributed by atoms with Gasteiger partial charge in [0.2, 0.25) is 0 Å². The summed E-state index contributed by atoms with van der Waals surface area (Å²) < 4.78 is 0. The number of hydrogen-bond acceptors (Lipinski definition) is 4. The first-order chi connectivity index (χ1) is 10.9. The number of halogens is 1. The van der Waals surface area contributed by atoms with Gasteiger partial charge in [0.15, 0.2) is 11.6 Å². The van der Waals surface area contributed by atoms with Crippen molar-refractivity contribution in [1.82, 2.24) is 0 Å². The van der Waals surface area contributed by atoms with E-state index in [9.17, 15) is 14.7 Å². The number of aliphatic hydroxyl groups is 1. The lowest BCUT2D eigenvalue weighted by Gasteiger charge is -2.24. The van der Waals surface area contributed by atoms with E-state index in [1.807, 2.05) is 13.8 Å². The van der Waals surface area contributed by atoms with Gasteiger partial charge in [-0.05, 0) is 30.2 Å². The maximum Gasteiger partial charge on any atom is 0.196 e. The Labute approximate surface area is 139 Å². The zero-order chi connectivity index (χ0) is 16.7. The van der Waals surface area contributed by atoms with Gasteiger partial charge >= 0.3 is 0 Å². The van der Waals surface area contributed by atoms with Crippen LogP contribution in [0.1, 0.15) is 45.7 Å². The Kier molecular flexibility index (Phi) is 3.96. The molecule has 0 fully saturated rings. The summed E-state index contributed by atoms with van der Waals surface area (Å²) in [6.45, 7) is 3.72. The molecule has 4 nitrogen and oxygen atoms in total. The van der Waals surface area contributed by atoms with Crippen LogP contribution in [0.4, 0.5) is 5.69 Å². The average molecular weight is 330 g/mol. The molecule has 2 aromatic carbocycles. The van der Waals surface area contributed by atoms with Gasteiger partial charge in [0.25, 0.3) is 0 Å². The highest BCUT2D eigenvalue weighted by atomic mass is 35.5.